The number of benzene rings is 1. The second-order valence-corrected chi connectivity index (χ2v) is 2.76. The van der Waals surface area contributed by atoms with Gasteiger partial charge in [0.15, 0.2) is 0 Å². The molecule has 0 aliphatic heterocycles. The molecule has 64 valence electrons. The monoisotopic (exact) mass is 189 g/mol. The molecule has 1 aromatic carbocycles. The van der Waals surface area contributed by atoms with Crippen molar-refractivity contribution in [3.63, 3.8) is 0 Å². The summed E-state index contributed by atoms with van der Waals surface area (Å²) in [5, 5.41) is 3.30. The fraction of sp³-hybridized carbons (Fsp3) is 0.111. The first-order valence-electron chi connectivity index (χ1n) is 3.61. The van der Waals surface area contributed by atoms with E-state index >= 15 is 0 Å². The number of thiol groups is 1. The van der Waals surface area contributed by atoms with E-state index in [2.05, 4.69) is 34.5 Å². The molecule has 1 rings (SSSR count). The third-order valence-electron chi connectivity index (χ3n) is 1.29. The summed E-state index contributed by atoms with van der Waals surface area (Å²) in [6.45, 7) is 0.202. The standard InChI is InChI=1S/C9H7N3S/c10-12-11-6-2-4-8-3-1-5-9(13)7-8/h1,3,5,7,13H,6H2. The topological polar surface area (TPSA) is 48.8 Å². The summed E-state index contributed by atoms with van der Waals surface area (Å²) in [6.07, 6.45) is 0. The van der Waals surface area contributed by atoms with Crippen LogP contribution in [-0.2, 0) is 0 Å². The highest BCUT2D eigenvalue weighted by Gasteiger charge is 1.86. The lowest BCUT2D eigenvalue weighted by Gasteiger charge is -1.90. The van der Waals surface area contributed by atoms with Crippen LogP contribution in [0.4, 0.5) is 0 Å². The van der Waals surface area contributed by atoms with Crippen molar-refractivity contribution in [1.82, 2.24) is 0 Å². The van der Waals surface area contributed by atoms with Crippen molar-refractivity contribution in [1.29, 1.82) is 0 Å². The largest absolute Gasteiger partial charge is 0.143 e. The van der Waals surface area contributed by atoms with Crippen LogP contribution in [-0.4, -0.2) is 6.54 Å². The Hall–Kier alpha value is -1.56. The van der Waals surface area contributed by atoms with Gasteiger partial charge >= 0.3 is 0 Å². The molecule has 1 aromatic rings. The highest BCUT2D eigenvalue weighted by molar-refractivity contribution is 7.80. The van der Waals surface area contributed by atoms with Crippen LogP contribution in [0.25, 0.3) is 10.4 Å². The summed E-state index contributed by atoms with van der Waals surface area (Å²) in [4.78, 5) is 3.46. The Labute approximate surface area is 81.8 Å². The zero-order chi connectivity index (χ0) is 9.52. The predicted octanol–water partition coefficient (Wildman–Crippen LogP) is 2.64. The third kappa shape index (κ3) is 3.57. The first-order valence-corrected chi connectivity index (χ1v) is 4.06. The molecule has 0 saturated heterocycles. The number of azide groups is 1. The Kier molecular flexibility index (Phi) is 3.77. The lowest BCUT2D eigenvalue weighted by atomic mass is 10.2. The van der Waals surface area contributed by atoms with Crippen molar-refractivity contribution in [2.75, 3.05) is 6.54 Å². The lowest BCUT2D eigenvalue weighted by molar-refractivity contribution is 1.25. The van der Waals surface area contributed by atoms with E-state index in [9.17, 15) is 0 Å². The molecule has 0 saturated carbocycles. The summed E-state index contributed by atoms with van der Waals surface area (Å²) in [5.74, 6) is 5.58. The van der Waals surface area contributed by atoms with Crippen LogP contribution >= 0.6 is 12.6 Å². The van der Waals surface area contributed by atoms with Gasteiger partial charge in [0, 0.05) is 15.4 Å². The van der Waals surface area contributed by atoms with E-state index in [1.54, 1.807) is 0 Å². The van der Waals surface area contributed by atoms with Crippen LogP contribution < -0.4 is 0 Å². The smallest absolute Gasteiger partial charge is 0.0880 e. The zero-order valence-electron chi connectivity index (χ0n) is 6.81. The molecular formula is C9H7N3S. The molecule has 13 heavy (non-hydrogen) atoms. The summed E-state index contributed by atoms with van der Waals surface area (Å²) >= 11 is 4.17. The molecule has 0 heterocycles. The Bertz CT molecular complexity index is 397. The van der Waals surface area contributed by atoms with Crippen LogP contribution in [0.3, 0.4) is 0 Å². The van der Waals surface area contributed by atoms with E-state index in [0.717, 1.165) is 10.5 Å². The zero-order valence-corrected chi connectivity index (χ0v) is 7.70. The SMILES string of the molecule is [N-]=[N+]=NCC#Cc1cccc(S)c1. The van der Waals surface area contributed by atoms with Gasteiger partial charge in [-0.2, -0.15) is 0 Å². The highest BCUT2D eigenvalue weighted by atomic mass is 32.1. The fourth-order valence-corrected chi connectivity index (χ4v) is 1.02. The summed E-state index contributed by atoms with van der Waals surface area (Å²) in [7, 11) is 0. The number of nitrogens with zero attached hydrogens (tertiary/aromatic N) is 3. The van der Waals surface area contributed by atoms with Gasteiger partial charge in [-0.05, 0) is 23.7 Å². The van der Waals surface area contributed by atoms with Crippen LogP contribution in [0.2, 0.25) is 0 Å². The average molecular weight is 189 g/mol. The van der Waals surface area contributed by atoms with Gasteiger partial charge in [0.05, 0.1) is 6.54 Å². The second kappa shape index (κ2) is 5.15. The van der Waals surface area contributed by atoms with E-state index in [1.165, 1.54) is 0 Å². The first kappa shape index (κ1) is 9.53. The molecule has 0 N–H and O–H groups in total. The second-order valence-electron chi connectivity index (χ2n) is 2.24. The van der Waals surface area contributed by atoms with E-state index < -0.39 is 0 Å². The molecular weight excluding hydrogens is 182 g/mol. The highest BCUT2D eigenvalue weighted by Crippen LogP contribution is 2.07. The van der Waals surface area contributed by atoms with Crippen molar-refractivity contribution < 1.29 is 0 Å². The maximum atomic E-state index is 7.99. The van der Waals surface area contributed by atoms with Crippen molar-refractivity contribution in [3.8, 4) is 11.8 Å². The third-order valence-corrected chi connectivity index (χ3v) is 1.57. The van der Waals surface area contributed by atoms with Crippen molar-refractivity contribution >= 4 is 12.6 Å². The van der Waals surface area contributed by atoms with Gasteiger partial charge in [-0.3, -0.25) is 0 Å². The minimum absolute atomic E-state index is 0.202. The van der Waals surface area contributed by atoms with E-state index in [-0.39, 0.29) is 6.54 Å². The van der Waals surface area contributed by atoms with E-state index in [1.807, 2.05) is 24.3 Å². The Morgan fingerprint density at radius 2 is 2.38 bits per heavy atom. The van der Waals surface area contributed by atoms with Gasteiger partial charge in [-0.1, -0.05) is 23.0 Å². The molecule has 3 nitrogen and oxygen atoms in total. The lowest BCUT2D eigenvalue weighted by Crippen LogP contribution is -1.74. The molecule has 0 fully saturated rings. The van der Waals surface area contributed by atoms with E-state index in [4.69, 9.17) is 5.53 Å². The van der Waals surface area contributed by atoms with Crippen molar-refractivity contribution in [2.24, 2.45) is 5.11 Å². The molecule has 0 aromatic heterocycles. The molecule has 4 heteroatoms. The maximum Gasteiger partial charge on any atom is 0.0880 e. The summed E-state index contributed by atoms with van der Waals surface area (Å²) in [6, 6.07) is 7.48. The Balaban J connectivity index is 2.71. The van der Waals surface area contributed by atoms with Gasteiger partial charge in [-0.25, -0.2) is 0 Å². The van der Waals surface area contributed by atoms with Crippen LogP contribution in [0.5, 0.6) is 0 Å². The van der Waals surface area contributed by atoms with Crippen molar-refractivity contribution in [3.05, 3.63) is 40.3 Å². The minimum atomic E-state index is 0.202. The molecule has 0 atom stereocenters. The first-order chi connectivity index (χ1) is 6.33. The van der Waals surface area contributed by atoms with Gasteiger partial charge < -0.3 is 0 Å². The minimum Gasteiger partial charge on any atom is -0.143 e. The number of rotatable bonds is 1. The van der Waals surface area contributed by atoms with Crippen LogP contribution in [0.15, 0.2) is 34.3 Å². The maximum absolute atomic E-state index is 7.99. The predicted molar refractivity (Wildman–Crippen MR) is 54.6 cm³/mol. The quantitative estimate of drug-likeness (QED) is 0.232. The normalized spacial score (nSPS) is 8.08. The molecule has 0 aliphatic rings. The van der Waals surface area contributed by atoms with Gasteiger partial charge in [-0.15, -0.1) is 12.6 Å². The van der Waals surface area contributed by atoms with Crippen LogP contribution in [0, 0.1) is 11.8 Å². The molecule has 0 unspecified atom stereocenters. The molecule has 0 bridgehead atoms. The van der Waals surface area contributed by atoms with Crippen molar-refractivity contribution in [2.45, 2.75) is 4.90 Å². The molecule has 0 radical (unpaired) electrons. The summed E-state index contributed by atoms with van der Waals surface area (Å²) < 4.78 is 0. The molecule has 0 aliphatic carbocycles. The Morgan fingerprint density at radius 1 is 1.54 bits per heavy atom. The Morgan fingerprint density at radius 3 is 3.08 bits per heavy atom. The average Bonchev–Trinajstić information content (AvgIpc) is 2.13. The van der Waals surface area contributed by atoms with Crippen LogP contribution in [0.1, 0.15) is 5.56 Å². The molecule has 0 amide bonds. The van der Waals surface area contributed by atoms with E-state index in [0.29, 0.717) is 0 Å². The number of hydrogen-bond acceptors (Lipinski definition) is 2. The van der Waals surface area contributed by atoms with Gasteiger partial charge in [0.25, 0.3) is 0 Å². The number of hydrogen-bond donors (Lipinski definition) is 1. The summed E-state index contributed by atoms with van der Waals surface area (Å²) in [5.41, 5.74) is 8.86. The van der Waals surface area contributed by atoms with Gasteiger partial charge in [0.2, 0.25) is 0 Å². The van der Waals surface area contributed by atoms with Gasteiger partial charge in [0.1, 0.15) is 0 Å². The fourth-order valence-electron chi connectivity index (χ4n) is 0.792. The molecule has 0 spiro atoms.